The molecule has 1 amide bonds. The van der Waals surface area contributed by atoms with Crippen LogP contribution in [0.15, 0.2) is 66.7 Å². The number of nitrogens with one attached hydrogen (secondary N) is 1. The number of hydrogen-bond acceptors (Lipinski definition) is 4. The zero-order chi connectivity index (χ0) is 25.9. The van der Waals surface area contributed by atoms with Gasteiger partial charge in [-0.25, -0.2) is 4.39 Å². The Morgan fingerprint density at radius 1 is 0.921 bits per heavy atom. The van der Waals surface area contributed by atoms with Crippen molar-refractivity contribution in [3.05, 3.63) is 100 Å². The van der Waals surface area contributed by atoms with Crippen molar-refractivity contribution < 1.29 is 13.9 Å². The second-order valence-corrected chi connectivity index (χ2v) is 11.0. The number of amides is 1. The Kier molecular flexibility index (Phi) is 7.43. The number of benzene rings is 3. The highest BCUT2D eigenvalue weighted by Gasteiger charge is 2.34. The largest absolute Gasteiger partial charge is 0.489 e. The minimum Gasteiger partial charge on any atom is -0.489 e. The van der Waals surface area contributed by atoms with E-state index in [1.54, 1.807) is 12.1 Å². The van der Waals surface area contributed by atoms with Crippen LogP contribution in [-0.4, -0.2) is 47.9 Å². The third-order valence-corrected chi connectivity index (χ3v) is 8.38. The Bertz CT molecular complexity index is 1250. The summed E-state index contributed by atoms with van der Waals surface area (Å²) >= 11 is 0. The van der Waals surface area contributed by atoms with Crippen molar-refractivity contribution in [3.63, 3.8) is 0 Å². The second kappa shape index (κ2) is 11.3. The summed E-state index contributed by atoms with van der Waals surface area (Å²) in [5.74, 6) is 1.36. The SMILES string of the molecule is O=C1c2ccc(C3CCN(Cc4ccc(OCc5ccc(F)cc5)cc4)CC3)cc2CN1C1CCCNC1. The molecule has 2 saturated heterocycles. The third kappa shape index (κ3) is 5.62. The Morgan fingerprint density at radius 3 is 2.42 bits per heavy atom. The topological polar surface area (TPSA) is 44.8 Å². The van der Waals surface area contributed by atoms with Gasteiger partial charge < -0.3 is 15.0 Å². The highest BCUT2D eigenvalue weighted by atomic mass is 19.1. The van der Waals surface area contributed by atoms with Crippen molar-refractivity contribution in [1.29, 1.82) is 0 Å². The molecule has 0 aromatic heterocycles. The molecule has 1 unspecified atom stereocenters. The number of piperidine rings is 2. The zero-order valence-corrected chi connectivity index (χ0v) is 21.9. The Labute approximate surface area is 224 Å². The summed E-state index contributed by atoms with van der Waals surface area (Å²) < 4.78 is 18.9. The van der Waals surface area contributed by atoms with Gasteiger partial charge in [-0.05, 0) is 104 Å². The quantitative estimate of drug-likeness (QED) is 0.454. The number of ether oxygens (including phenoxy) is 1. The molecule has 0 radical (unpaired) electrons. The average molecular weight is 514 g/mol. The summed E-state index contributed by atoms with van der Waals surface area (Å²) in [5, 5.41) is 3.44. The highest BCUT2D eigenvalue weighted by molar-refractivity contribution is 5.98. The molecule has 1 N–H and O–H groups in total. The maximum atomic E-state index is 13.1. The first-order valence-electron chi connectivity index (χ1n) is 14.0. The van der Waals surface area contributed by atoms with Gasteiger partial charge >= 0.3 is 0 Å². The molecule has 6 rings (SSSR count). The van der Waals surface area contributed by atoms with E-state index in [4.69, 9.17) is 4.74 Å². The maximum Gasteiger partial charge on any atom is 0.254 e. The second-order valence-electron chi connectivity index (χ2n) is 11.0. The van der Waals surface area contributed by atoms with Gasteiger partial charge in [0.1, 0.15) is 18.2 Å². The van der Waals surface area contributed by atoms with Crippen molar-refractivity contribution in [2.24, 2.45) is 0 Å². The number of hydrogen-bond donors (Lipinski definition) is 1. The molecule has 0 bridgehead atoms. The van der Waals surface area contributed by atoms with E-state index >= 15 is 0 Å². The lowest BCUT2D eigenvalue weighted by Gasteiger charge is -2.32. The molecule has 3 aliphatic heterocycles. The molecule has 5 nitrogen and oxygen atoms in total. The minimum absolute atomic E-state index is 0.210. The molecule has 198 valence electrons. The fourth-order valence-corrected chi connectivity index (χ4v) is 6.13. The summed E-state index contributed by atoms with van der Waals surface area (Å²) in [7, 11) is 0. The van der Waals surface area contributed by atoms with Gasteiger partial charge in [-0.15, -0.1) is 0 Å². The van der Waals surface area contributed by atoms with Crippen molar-refractivity contribution >= 4 is 5.91 Å². The van der Waals surface area contributed by atoms with Crippen LogP contribution in [0.3, 0.4) is 0 Å². The molecule has 1 atom stereocenters. The normalized spacial score (nSPS) is 20.5. The summed E-state index contributed by atoms with van der Waals surface area (Å²) in [6, 6.07) is 21.6. The lowest BCUT2D eigenvalue weighted by Crippen LogP contribution is -2.46. The third-order valence-electron chi connectivity index (χ3n) is 8.38. The Balaban J connectivity index is 0.994. The van der Waals surface area contributed by atoms with E-state index in [0.29, 0.717) is 18.6 Å². The fourth-order valence-electron chi connectivity index (χ4n) is 6.13. The van der Waals surface area contributed by atoms with Gasteiger partial charge in [-0.1, -0.05) is 36.4 Å². The molecule has 0 aliphatic carbocycles. The van der Waals surface area contributed by atoms with Crippen molar-refractivity contribution in [2.75, 3.05) is 26.2 Å². The van der Waals surface area contributed by atoms with Crippen LogP contribution < -0.4 is 10.1 Å². The molecular weight excluding hydrogens is 477 g/mol. The van der Waals surface area contributed by atoms with E-state index in [1.165, 1.54) is 28.8 Å². The smallest absolute Gasteiger partial charge is 0.254 e. The summed E-state index contributed by atoms with van der Waals surface area (Å²) in [5.41, 5.74) is 5.74. The molecule has 0 spiro atoms. The van der Waals surface area contributed by atoms with Gasteiger partial charge in [0.05, 0.1) is 0 Å². The molecule has 3 heterocycles. The number of rotatable bonds is 7. The van der Waals surface area contributed by atoms with Crippen LogP contribution in [-0.2, 0) is 19.7 Å². The highest BCUT2D eigenvalue weighted by Crippen LogP contribution is 2.33. The molecule has 38 heavy (non-hydrogen) atoms. The van der Waals surface area contributed by atoms with E-state index in [2.05, 4.69) is 45.4 Å². The molecule has 3 aliphatic rings. The first-order chi connectivity index (χ1) is 18.6. The number of halogens is 1. The van der Waals surface area contributed by atoms with E-state index in [-0.39, 0.29) is 11.7 Å². The van der Waals surface area contributed by atoms with Crippen LogP contribution in [0.25, 0.3) is 0 Å². The van der Waals surface area contributed by atoms with Crippen LogP contribution in [0, 0.1) is 5.82 Å². The predicted octanol–water partition coefficient (Wildman–Crippen LogP) is 5.49. The van der Waals surface area contributed by atoms with Crippen LogP contribution >= 0.6 is 0 Å². The monoisotopic (exact) mass is 513 g/mol. The molecule has 3 aromatic carbocycles. The number of nitrogens with zero attached hydrogens (tertiary/aromatic N) is 2. The molecule has 6 heteroatoms. The first kappa shape index (κ1) is 25.1. The van der Waals surface area contributed by atoms with Crippen molar-refractivity contribution in [1.82, 2.24) is 15.1 Å². The maximum absolute atomic E-state index is 13.1. The van der Waals surface area contributed by atoms with Crippen LogP contribution in [0.4, 0.5) is 4.39 Å². The molecule has 2 fully saturated rings. The molecule has 3 aromatic rings. The van der Waals surface area contributed by atoms with Gasteiger partial charge in [0.2, 0.25) is 0 Å². The Morgan fingerprint density at radius 2 is 1.68 bits per heavy atom. The first-order valence-corrected chi connectivity index (χ1v) is 14.0. The number of carbonyl (C=O) groups excluding carboxylic acids is 1. The fraction of sp³-hybridized carbons (Fsp3) is 0.406. The average Bonchev–Trinajstić information content (AvgIpc) is 3.30. The van der Waals surface area contributed by atoms with Crippen LogP contribution in [0.1, 0.15) is 64.2 Å². The Hall–Kier alpha value is -3.22. The zero-order valence-electron chi connectivity index (χ0n) is 21.9. The van der Waals surface area contributed by atoms with E-state index in [1.807, 2.05) is 12.1 Å². The van der Waals surface area contributed by atoms with E-state index in [0.717, 1.165) is 81.8 Å². The van der Waals surface area contributed by atoms with E-state index < -0.39 is 0 Å². The predicted molar refractivity (Wildman–Crippen MR) is 147 cm³/mol. The van der Waals surface area contributed by atoms with Crippen molar-refractivity contribution in [2.45, 2.75) is 57.3 Å². The van der Waals surface area contributed by atoms with Gasteiger partial charge in [0, 0.05) is 31.2 Å². The van der Waals surface area contributed by atoms with Crippen LogP contribution in [0.5, 0.6) is 5.75 Å². The summed E-state index contributed by atoms with van der Waals surface area (Å²) in [6.45, 7) is 6.25. The van der Waals surface area contributed by atoms with Crippen LogP contribution in [0.2, 0.25) is 0 Å². The number of carbonyl (C=O) groups is 1. The van der Waals surface area contributed by atoms with E-state index in [9.17, 15) is 9.18 Å². The van der Waals surface area contributed by atoms with Gasteiger partial charge in [-0.3, -0.25) is 9.69 Å². The lowest BCUT2D eigenvalue weighted by molar-refractivity contribution is 0.0674. The van der Waals surface area contributed by atoms with Gasteiger partial charge in [-0.2, -0.15) is 0 Å². The number of fused-ring (bicyclic) bond motifs is 1. The summed E-state index contributed by atoms with van der Waals surface area (Å²) in [4.78, 5) is 17.6. The van der Waals surface area contributed by atoms with Gasteiger partial charge in [0.25, 0.3) is 5.91 Å². The summed E-state index contributed by atoms with van der Waals surface area (Å²) in [6.07, 6.45) is 4.53. The standard InChI is InChI=1S/C32H36FN3O2/c33-28-8-3-24(4-9-28)22-38-30-10-5-23(6-11-30)20-35-16-13-25(14-17-35)26-7-12-31-27(18-26)21-36(32(31)37)29-2-1-15-34-19-29/h3-12,18,25,29,34H,1-2,13-17,19-22H2. The van der Waals surface area contributed by atoms with Crippen molar-refractivity contribution in [3.8, 4) is 5.75 Å². The number of likely N-dealkylation sites (tertiary alicyclic amines) is 1. The molecular formula is C32H36FN3O2. The lowest BCUT2D eigenvalue weighted by atomic mass is 9.87. The minimum atomic E-state index is -0.231. The van der Waals surface area contributed by atoms with Gasteiger partial charge in [0.15, 0.2) is 0 Å². The molecule has 0 saturated carbocycles.